The molecule has 3 aromatic rings. The molecule has 0 atom stereocenters. The van der Waals surface area contributed by atoms with Crippen molar-refractivity contribution in [1.29, 1.82) is 0 Å². The van der Waals surface area contributed by atoms with Gasteiger partial charge in [0.25, 0.3) is 0 Å². The van der Waals surface area contributed by atoms with Crippen molar-refractivity contribution in [2.45, 2.75) is 20.4 Å². The van der Waals surface area contributed by atoms with Crippen LogP contribution in [0.15, 0.2) is 24.8 Å². The third-order valence-corrected chi connectivity index (χ3v) is 3.94. The molecule has 23 heavy (non-hydrogen) atoms. The lowest BCUT2D eigenvalue weighted by Crippen LogP contribution is -2.23. The van der Waals surface area contributed by atoms with Gasteiger partial charge in [-0.05, 0) is 13.8 Å². The summed E-state index contributed by atoms with van der Waals surface area (Å²) in [5.41, 5.74) is 2.91. The second-order valence-corrected chi connectivity index (χ2v) is 5.36. The van der Waals surface area contributed by atoms with Gasteiger partial charge in [0.1, 0.15) is 6.54 Å². The smallest absolute Gasteiger partial charge is 0.241 e. The van der Waals surface area contributed by atoms with E-state index in [1.165, 1.54) is 0 Å². The molecule has 1 N–H and O–H groups in total. The van der Waals surface area contributed by atoms with E-state index >= 15 is 0 Å². The van der Waals surface area contributed by atoms with Crippen LogP contribution >= 0.6 is 0 Å². The highest BCUT2D eigenvalue weighted by Crippen LogP contribution is 2.22. The van der Waals surface area contributed by atoms with E-state index < -0.39 is 0 Å². The van der Waals surface area contributed by atoms with Crippen molar-refractivity contribution >= 4 is 5.91 Å². The van der Waals surface area contributed by atoms with Gasteiger partial charge in [0.05, 0.1) is 17.6 Å². The zero-order chi connectivity index (χ0) is 16.6. The Morgan fingerprint density at radius 3 is 2.74 bits per heavy atom. The topological polar surface area (TPSA) is 82.6 Å². The molecule has 8 nitrogen and oxygen atoms in total. The summed E-state index contributed by atoms with van der Waals surface area (Å²) in [5.74, 6) is 1.44. The molecule has 0 aliphatic heterocycles. The molecule has 0 aliphatic carbocycles. The number of nitrogens with one attached hydrogen (secondary N) is 1. The second kappa shape index (κ2) is 5.71. The zero-order valence-electron chi connectivity index (χ0n) is 13.6. The quantitative estimate of drug-likeness (QED) is 0.773. The van der Waals surface area contributed by atoms with Crippen LogP contribution in [0.3, 0.4) is 0 Å². The van der Waals surface area contributed by atoms with Gasteiger partial charge in [-0.25, -0.2) is 9.97 Å². The number of carbonyl (C=O) groups excluding carboxylic acids is 1. The van der Waals surface area contributed by atoms with Crippen molar-refractivity contribution in [3.8, 4) is 17.3 Å². The van der Waals surface area contributed by atoms with E-state index in [0.29, 0.717) is 0 Å². The molecule has 3 rings (SSSR count). The van der Waals surface area contributed by atoms with E-state index in [4.69, 9.17) is 0 Å². The summed E-state index contributed by atoms with van der Waals surface area (Å²) in [6.07, 6.45) is 7.10. The summed E-state index contributed by atoms with van der Waals surface area (Å²) in [6.45, 7) is 4.19. The first-order valence-corrected chi connectivity index (χ1v) is 7.28. The molecule has 0 saturated carbocycles. The molecular formula is C15H19N7O. The average Bonchev–Trinajstić information content (AvgIpc) is 3.23. The minimum absolute atomic E-state index is 0.0964. The zero-order valence-corrected chi connectivity index (χ0v) is 13.6. The monoisotopic (exact) mass is 313 g/mol. The van der Waals surface area contributed by atoms with E-state index in [-0.39, 0.29) is 12.5 Å². The van der Waals surface area contributed by atoms with Crippen LogP contribution in [-0.4, -0.2) is 41.8 Å². The van der Waals surface area contributed by atoms with E-state index in [1.807, 2.05) is 42.4 Å². The largest absolute Gasteiger partial charge is 0.358 e. The minimum Gasteiger partial charge on any atom is -0.358 e. The van der Waals surface area contributed by atoms with Crippen LogP contribution in [0, 0.1) is 13.8 Å². The number of aryl methyl sites for hydroxylation is 1. The van der Waals surface area contributed by atoms with Gasteiger partial charge in [0.2, 0.25) is 5.91 Å². The Morgan fingerprint density at radius 2 is 2.09 bits per heavy atom. The van der Waals surface area contributed by atoms with Crippen molar-refractivity contribution in [2.24, 2.45) is 7.05 Å². The lowest BCUT2D eigenvalue weighted by molar-refractivity contribution is -0.121. The van der Waals surface area contributed by atoms with Gasteiger partial charge >= 0.3 is 0 Å². The third-order valence-electron chi connectivity index (χ3n) is 3.94. The van der Waals surface area contributed by atoms with Crippen molar-refractivity contribution in [1.82, 2.24) is 34.2 Å². The first kappa shape index (κ1) is 15.0. The normalized spacial score (nSPS) is 11.0. The molecule has 0 unspecified atom stereocenters. The van der Waals surface area contributed by atoms with Crippen LogP contribution < -0.4 is 5.32 Å². The number of hydrogen-bond donors (Lipinski definition) is 1. The fourth-order valence-electron chi connectivity index (χ4n) is 2.38. The highest BCUT2D eigenvalue weighted by Gasteiger charge is 2.16. The molecule has 3 heterocycles. The van der Waals surface area contributed by atoms with Gasteiger partial charge in [0.15, 0.2) is 11.6 Å². The first-order valence-electron chi connectivity index (χ1n) is 7.28. The lowest BCUT2D eigenvalue weighted by atomic mass is 10.4. The summed E-state index contributed by atoms with van der Waals surface area (Å²) in [4.78, 5) is 20.5. The van der Waals surface area contributed by atoms with Gasteiger partial charge in [-0.2, -0.15) is 5.10 Å². The van der Waals surface area contributed by atoms with Crippen molar-refractivity contribution in [2.75, 3.05) is 7.05 Å². The Bertz CT molecular complexity index is 855. The number of aromatic nitrogens is 6. The number of amides is 1. The maximum atomic E-state index is 11.4. The van der Waals surface area contributed by atoms with E-state index in [2.05, 4.69) is 20.4 Å². The molecule has 0 radical (unpaired) electrons. The molecule has 0 aliphatic rings. The summed E-state index contributed by atoms with van der Waals surface area (Å²) < 4.78 is 5.52. The summed E-state index contributed by atoms with van der Waals surface area (Å²) in [7, 11) is 3.57. The summed E-state index contributed by atoms with van der Waals surface area (Å²) in [6, 6.07) is 0. The highest BCUT2D eigenvalue weighted by atomic mass is 16.1. The van der Waals surface area contributed by atoms with Gasteiger partial charge in [-0.15, -0.1) is 0 Å². The third kappa shape index (κ3) is 2.63. The Hall–Kier alpha value is -2.90. The first-order chi connectivity index (χ1) is 11.0. The summed E-state index contributed by atoms with van der Waals surface area (Å²) in [5, 5.41) is 6.80. The average molecular weight is 313 g/mol. The van der Waals surface area contributed by atoms with Crippen molar-refractivity contribution in [3.63, 3.8) is 0 Å². The maximum Gasteiger partial charge on any atom is 0.241 e. The van der Waals surface area contributed by atoms with Crippen LogP contribution in [0.5, 0.6) is 0 Å². The second-order valence-electron chi connectivity index (χ2n) is 5.36. The fourth-order valence-corrected chi connectivity index (χ4v) is 2.38. The number of imidazole rings is 2. The summed E-state index contributed by atoms with van der Waals surface area (Å²) >= 11 is 0. The molecule has 8 heteroatoms. The molecule has 0 spiro atoms. The maximum absolute atomic E-state index is 11.4. The fraction of sp³-hybridized carbons (Fsp3) is 0.333. The van der Waals surface area contributed by atoms with E-state index in [0.717, 1.165) is 28.7 Å². The molecular weight excluding hydrogens is 294 g/mol. The number of likely N-dealkylation sites (N-methyl/N-ethyl adjacent to an activating group) is 1. The van der Waals surface area contributed by atoms with Crippen LogP contribution in [0.1, 0.15) is 11.4 Å². The van der Waals surface area contributed by atoms with Gasteiger partial charge < -0.3 is 9.88 Å². The lowest BCUT2D eigenvalue weighted by Gasteiger charge is -2.06. The molecule has 0 saturated heterocycles. The van der Waals surface area contributed by atoms with Gasteiger partial charge in [-0.3, -0.25) is 14.0 Å². The highest BCUT2D eigenvalue weighted by molar-refractivity contribution is 5.75. The Kier molecular flexibility index (Phi) is 3.73. The molecule has 0 fully saturated rings. The predicted molar refractivity (Wildman–Crippen MR) is 85.1 cm³/mol. The van der Waals surface area contributed by atoms with Gasteiger partial charge in [-0.1, -0.05) is 0 Å². The molecule has 1 amide bonds. The molecule has 3 aromatic heterocycles. The van der Waals surface area contributed by atoms with Crippen LogP contribution in [0.4, 0.5) is 0 Å². The number of hydrogen-bond acceptors (Lipinski definition) is 4. The van der Waals surface area contributed by atoms with Crippen LogP contribution in [0.25, 0.3) is 17.3 Å². The van der Waals surface area contributed by atoms with E-state index in [9.17, 15) is 4.79 Å². The predicted octanol–water partition coefficient (Wildman–Crippen LogP) is 0.832. The molecule has 0 aromatic carbocycles. The van der Waals surface area contributed by atoms with Gasteiger partial charge in [0, 0.05) is 38.4 Å². The standard InChI is InChI=1S/C15H19N7O/c1-10-11(2)20(4)15(19-10)14-17-5-6-22(14)12-7-18-21(8-12)9-13(23)16-3/h5-8H,9H2,1-4H3,(H,16,23). The minimum atomic E-state index is -0.0964. The van der Waals surface area contributed by atoms with Crippen molar-refractivity contribution < 1.29 is 4.79 Å². The number of carbonyl (C=O) groups is 1. The number of rotatable bonds is 4. The number of nitrogens with zero attached hydrogens (tertiary/aromatic N) is 6. The Morgan fingerprint density at radius 1 is 1.30 bits per heavy atom. The van der Waals surface area contributed by atoms with Crippen molar-refractivity contribution in [3.05, 3.63) is 36.2 Å². The Balaban J connectivity index is 1.98. The van der Waals surface area contributed by atoms with Crippen LogP contribution in [0.2, 0.25) is 0 Å². The van der Waals surface area contributed by atoms with Crippen LogP contribution in [-0.2, 0) is 18.4 Å². The molecule has 0 bridgehead atoms. The van der Waals surface area contributed by atoms with E-state index in [1.54, 1.807) is 24.1 Å². The molecule has 120 valence electrons. The Labute approximate surface area is 133 Å². The SMILES string of the molecule is CNC(=O)Cn1cc(-n2ccnc2-c2nc(C)c(C)n2C)cn1.